The number of aryl methyl sites for hydroxylation is 4. The van der Waals surface area contributed by atoms with Crippen LogP contribution in [-0.2, 0) is 19.8 Å². The Labute approximate surface area is 170 Å². The van der Waals surface area contributed by atoms with Crippen molar-refractivity contribution in [3.8, 4) is 22.4 Å². The van der Waals surface area contributed by atoms with Crippen LogP contribution in [0, 0.1) is 26.6 Å². The third-order valence-electron chi connectivity index (χ3n) is 5.41. The molecule has 0 spiro atoms. The molecule has 0 saturated carbocycles. The van der Waals surface area contributed by atoms with E-state index in [0.29, 0.717) is 0 Å². The zero-order valence-electron chi connectivity index (χ0n) is 21.8. The first-order valence-electron chi connectivity index (χ1n) is 12.1. The van der Waals surface area contributed by atoms with Gasteiger partial charge in [-0.15, -0.1) is 0 Å². The molecule has 1 nitrogen and oxygen atoms in total. The minimum atomic E-state index is -2.39. The number of hydrogen-bond acceptors (Lipinski definition) is 0. The molecule has 4 rings (SSSR count). The van der Waals surface area contributed by atoms with Gasteiger partial charge in [-0.1, -0.05) is 49.7 Å². The van der Waals surface area contributed by atoms with Crippen LogP contribution in [0.25, 0.3) is 22.4 Å². The molecule has 0 N–H and O–H groups in total. The number of pyridine rings is 1. The van der Waals surface area contributed by atoms with E-state index in [0.717, 1.165) is 23.2 Å². The molecular formula is C26H30N+. The van der Waals surface area contributed by atoms with Gasteiger partial charge in [0, 0.05) is 18.5 Å². The molecule has 27 heavy (non-hydrogen) atoms. The van der Waals surface area contributed by atoms with E-state index >= 15 is 0 Å². The summed E-state index contributed by atoms with van der Waals surface area (Å²) >= 11 is 0. The first kappa shape index (κ1) is 12.9. The predicted octanol–water partition coefficient (Wildman–Crippen LogP) is 5.87. The molecule has 1 heterocycles. The molecule has 3 aromatic rings. The predicted molar refractivity (Wildman–Crippen MR) is 114 cm³/mol. The number of benzene rings is 2. The van der Waals surface area contributed by atoms with Gasteiger partial charge in [-0.25, -0.2) is 4.57 Å². The van der Waals surface area contributed by atoms with Crippen molar-refractivity contribution in [3.63, 3.8) is 0 Å². The molecule has 0 saturated heterocycles. The number of rotatable bonds is 3. The normalized spacial score (nSPS) is 16.1. The first-order valence-corrected chi connectivity index (χ1v) is 9.59. The standard InChI is InChI=1S/C26H30N/c1-16(2)11-20-14-25(27(6)15-19(20)5)26-18(4)8-10-23-22-9-7-17(3)12-21(22)13-24(23)26/h7-10,12,14-16H,11,13H2,1-6H3/q+1/i5D3,11D2. The van der Waals surface area contributed by atoms with Gasteiger partial charge in [-0.3, -0.25) is 0 Å². The molecule has 0 radical (unpaired) electrons. The van der Waals surface area contributed by atoms with Crippen molar-refractivity contribution in [2.45, 2.75) is 47.3 Å². The lowest BCUT2D eigenvalue weighted by atomic mass is 9.91. The molecule has 2 aromatic carbocycles. The molecule has 1 aliphatic carbocycles. The number of aromatic nitrogens is 1. The summed E-state index contributed by atoms with van der Waals surface area (Å²) in [6.45, 7) is 5.36. The maximum Gasteiger partial charge on any atom is 0.213 e. The molecule has 0 amide bonds. The fourth-order valence-corrected chi connectivity index (χ4v) is 4.21. The van der Waals surface area contributed by atoms with E-state index in [2.05, 4.69) is 44.2 Å². The molecule has 0 bridgehead atoms. The van der Waals surface area contributed by atoms with Gasteiger partial charge < -0.3 is 0 Å². The lowest BCUT2D eigenvalue weighted by molar-refractivity contribution is -0.660. The van der Waals surface area contributed by atoms with Gasteiger partial charge in [0.05, 0.1) is 5.56 Å². The third-order valence-corrected chi connectivity index (χ3v) is 5.41. The van der Waals surface area contributed by atoms with Gasteiger partial charge in [0.15, 0.2) is 6.20 Å². The Morgan fingerprint density at radius 3 is 2.59 bits per heavy atom. The van der Waals surface area contributed by atoms with E-state index < -0.39 is 13.2 Å². The second-order valence-corrected chi connectivity index (χ2v) is 8.02. The first-order chi connectivity index (χ1) is 14.8. The maximum absolute atomic E-state index is 8.72. The van der Waals surface area contributed by atoms with Gasteiger partial charge in [0.25, 0.3) is 0 Å². The Kier molecular flexibility index (Phi) is 3.17. The summed E-state index contributed by atoms with van der Waals surface area (Å²) in [5.74, 6) is -0.362. The van der Waals surface area contributed by atoms with Gasteiger partial charge in [0.1, 0.15) is 7.05 Å². The topological polar surface area (TPSA) is 3.88 Å². The number of fused-ring (bicyclic) bond motifs is 3. The van der Waals surface area contributed by atoms with E-state index in [4.69, 9.17) is 6.85 Å². The minimum Gasteiger partial charge on any atom is -0.201 e. The van der Waals surface area contributed by atoms with E-state index in [1.807, 2.05) is 11.6 Å². The van der Waals surface area contributed by atoms with Crippen molar-refractivity contribution in [3.05, 3.63) is 76.0 Å². The highest BCUT2D eigenvalue weighted by Crippen LogP contribution is 2.42. The molecule has 1 aliphatic rings. The quantitative estimate of drug-likeness (QED) is 0.402. The van der Waals surface area contributed by atoms with Gasteiger partial charge in [-0.2, -0.15) is 0 Å². The molecule has 1 aromatic heterocycles. The second-order valence-electron chi connectivity index (χ2n) is 8.02. The van der Waals surface area contributed by atoms with Gasteiger partial charge in [0.2, 0.25) is 5.69 Å². The molecule has 0 aliphatic heterocycles. The van der Waals surface area contributed by atoms with E-state index in [9.17, 15) is 0 Å². The van der Waals surface area contributed by atoms with Crippen LogP contribution in [0.4, 0.5) is 0 Å². The molecule has 0 fully saturated rings. The Balaban J connectivity index is 2.00. The molecular weight excluding hydrogens is 326 g/mol. The fourth-order valence-electron chi connectivity index (χ4n) is 4.21. The number of hydrogen-bond donors (Lipinski definition) is 0. The fraction of sp³-hybridized carbons (Fsp3) is 0.346. The van der Waals surface area contributed by atoms with Crippen LogP contribution in [0.3, 0.4) is 0 Å². The van der Waals surface area contributed by atoms with Crippen LogP contribution in [0.1, 0.15) is 54.1 Å². The summed E-state index contributed by atoms with van der Waals surface area (Å²) in [6.07, 6.45) is 0.651. The highest BCUT2D eigenvalue weighted by Gasteiger charge is 2.27. The summed E-state index contributed by atoms with van der Waals surface area (Å²) in [4.78, 5) is 0. The second kappa shape index (κ2) is 6.64. The lowest BCUT2D eigenvalue weighted by Crippen LogP contribution is -2.32. The van der Waals surface area contributed by atoms with Crippen molar-refractivity contribution in [2.75, 3.05) is 0 Å². The summed E-state index contributed by atoms with van der Waals surface area (Å²) in [6, 6.07) is 12.6. The van der Waals surface area contributed by atoms with E-state index in [1.54, 1.807) is 26.1 Å². The van der Waals surface area contributed by atoms with Crippen molar-refractivity contribution in [1.29, 1.82) is 0 Å². The van der Waals surface area contributed by atoms with Crippen LogP contribution in [0.2, 0.25) is 0 Å². The SMILES string of the molecule is [2H]C([2H])([2H])c1c[n+](C)c(-c2c(C)ccc3c2Cc2cc(C)ccc2-3)cc1C([2H])([2H])C(C)C. The highest BCUT2D eigenvalue weighted by atomic mass is 14.9. The lowest BCUT2D eigenvalue weighted by Gasteiger charge is -2.14. The van der Waals surface area contributed by atoms with Crippen molar-refractivity contribution < 1.29 is 11.4 Å². The zero-order chi connectivity index (χ0) is 23.6. The van der Waals surface area contributed by atoms with E-state index in [1.165, 1.54) is 27.8 Å². The summed E-state index contributed by atoms with van der Waals surface area (Å²) < 4.78 is 43.4. The Hall–Kier alpha value is -2.41. The Morgan fingerprint density at radius 2 is 1.85 bits per heavy atom. The van der Waals surface area contributed by atoms with Crippen molar-refractivity contribution in [1.82, 2.24) is 0 Å². The average molecular weight is 362 g/mol. The average Bonchev–Trinajstić information content (AvgIpc) is 3.04. The van der Waals surface area contributed by atoms with Crippen LogP contribution in [-0.4, -0.2) is 0 Å². The van der Waals surface area contributed by atoms with Crippen LogP contribution >= 0.6 is 0 Å². The molecule has 1 heteroatoms. The summed E-state index contributed by atoms with van der Waals surface area (Å²) in [7, 11) is 1.85. The number of nitrogens with zero attached hydrogens (tertiary/aromatic N) is 1. The molecule has 0 atom stereocenters. The maximum atomic E-state index is 8.72. The van der Waals surface area contributed by atoms with Gasteiger partial charge >= 0.3 is 0 Å². The Morgan fingerprint density at radius 1 is 1.07 bits per heavy atom. The monoisotopic (exact) mass is 361 g/mol. The van der Waals surface area contributed by atoms with Crippen LogP contribution in [0.5, 0.6) is 0 Å². The minimum absolute atomic E-state index is 0.0755. The third kappa shape index (κ3) is 3.10. The van der Waals surface area contributed by atoms with E-state index in [-0.39, 0.29) is 17.0 Å². The largest absolute Gasteiger partial charge is 0.213 e. The molecule has 0 unspecified atom stereocenters. The van der Waals surface area contributed by atoms with Crippen LogP contribution < -0.4 is 4.57 Å². The summed E-state index contributed by atoms with van der Waals surface area (Å²) in [5, 5.41) is 0. The summed E-state index contributed by atoms with van der Waals surface area (Å²) in [5.41, 5.74) is 9.53. The van der Waals surface area contributed by atoms with Crippen LogP contribution in [0.15, 0.2) is 42.6 Å². The van der Waals surface area contributed by atoms with Crippen molar-refractivity contribution >= 4 is 0 Å². The van der Waals surface area contributed by atoms with Crippen molar-refractivity contribution in [2.24, 2.45) is 13.0 Å². The zero-order valence-corrected chi connectivity index (χ0v) is 16.8. The molecule has 138 valence electrons. The Bertz CT molecular complexity index is 1220. The smallest absolute Gasteiger partial charge is 0.201 e. The van der Waals surface area contributed by atoms with Gasteiger partial charge in [-0.05, 0) is 72.8 Å². The highest BCUT2D eigenvalue weighted by molar-refractivity contribution is 5.85.